The summed E-state index contributed by atoms with van der Waals surface area (Å²) in [6.07, 6.45) is 4.65. The number of carbonyl (C=O) groups excluding carboxylic acids is 2. The van der Waals surface area contributed by atoms with Gasteiger partial charge in [-0.2, -0.15) is 0 Å². The van der Waals surface area contributed by atoms with E-state index in [1.807, 2.05) is 32.0 Å². The zero-order valence-electron chi connectivity index (χ0n) is 15.7. The Kier molecular flexibility index (Phi) is 5.08. The SMILES string of the molecule is Cc1ccc(Cc2cnc(NC(=O)c3[nH]c4c(c3C)C(=O)CCC4)s2)cc1Cl. The van der Waals surface area contributed by atoms with Crippen LogP contribution in [0.3, 0.4) is 0 Å². The molecule has 0 radical (unpaired) electrons. The highest BCUT2D eigenvalue weighted by molar-refractivity contribution is 7.15. The predicted molar refractivity (Wildman–Crippen MR) is 112 cm³/mol. The number of H-pyrrole nitrogens is 1. The fraction of sp³-hybridized carbons (Fsp3) is 0.286. The second-order valence-corrected chi connectivity index (χ2v) is 8.62. The summed E-state index contributed by atoms with van der Waals surface area (Å²) >= 11 is 7.63. The highest BCUT2D eigenvalue weighted by Gasteiger charge is 2.26. The zero-order chi connectivity index (χ0) is 19.8. The van der Waals surface area contributed by atoms with Crippen LogP contribution in [0.15, 0.2) is 24.4 Å². The number of ketones is 1. The number of thiazole rings is 1. The predicted octanol–water partition coefficient (Wildman–Crippen LogP) is 5.10. The van der Waals surface area contributed by atoms with Gasteiger partial charge in [-0.25, -0.2) is 4.98 Å². The molecule has 4 rings (SSSR count). The minimum absolute atomic E-state index is 0.113. The molecule has 0 spiro atoms. The number of carbonyl (C=O) groups is 2. The van der Waals surface area contributed by atoms with Gasteiger partial charge in [0.15, 0.2) is 10.9 Å². The minimum atomic E-state index is -0.265. The lowest BCUT2D eigenvalue weighted by Gasteiger charge is -2.09. The Morgan fingerprint density at radius 2 is 2.14 bits per heavy atom. The summed E-state index contributed by atoms with van der Waals surface area (Å²) in [6, 6.07) is 6.00. The maximum Gasteiger partial charge on any atom is 0.274 e. The number of rotatable bonds is 4. The maximum atomic E-state index is 12.7. The van der Waals surface area contributed by atoms with Crippen molar-refractivity contribution >= 4 is 39.8 Å². The lowest BCUT2D eigenvalue weighted by Crippen LogP contribution is -2.13. The van der Waals surface area contributed by atoms with Gasteiger partial charge in [0.25, 0.3) is 5.91 Å². The van der Waals surface area contributed by atoms with Crippen molar-refractivity contribution in [1.82, 2.24) is 9.97 Å². The van der Waals surface area contributed by atoms with Crippen molar-refractivity contribution in [3.63, 3.8) is 0 Å². The van der Waals surface area contributed by atoms with Gasteiger partial charge in [-0.15, -0.1) is 11.3 Å². The van der Waals surface area contributed by atoms with E-state index in [1.54, 1.807) is 6.20 Å². The Morgan fingerprint density at radius 3 is 2.89 bits per heavy atom. The largest absolute Gasteiger partial charge is 0.354 e. The summed E-state index contributed by atoms with van der Waals surface area (Å²) in [6.45, 7) is 3.79. The fourth-order valence-electron chi connectivity index (χ4n) is 3.56. The number of benzene rings is 1. The van der Waals surface area contributed by atoms with Gasteiger partial charge in [-0.3, -0.25) is 14.9 Å². The molecule has 0 atom stereocenters. The molecular formula is C21H20ClN3O2S. The van der Waals surface area contributed by atoms with Crippen LogP contribution >= 0.6 is 22.9 Å². The highest BCUT2D eigenvalue weighted by Crippen LogP contribution is 2.28. The van der Waals surface area contributed by atoms with Crippen LogP contribution in [-0.2, 0) is 12.8 Å². The molecule has 0 saturated heterocycles. The number of hydrogen-bond donors (Lipinski definition) is 2. The van der Waals surface area contributed by atoms with E-state index in [9.17, 15) is 9.59 Å². The van der Waals surface area contributed by atoms with E-state index < -0.39 is 0 Å². The molecule has 1 aromatic carbocycles. The number of nitrogens with zero attached hydrogens (tertiary/aromatic N) is 1. The summed E-state index contributed by atoms with van der Waals surface area (Å²) in [5.41, 5.74) is 4.88. The van der Waals surface area contributed by atoms with Crippen molar-refractivity contribution in [3.8, 4) is 0 Å². The number of hydrogen-bond acceptors (Lipinski definition) is 4. The smallest absolute Gasteiger partial charge is 0.274 e. The van der Waals surface area contributed by atoms with Gasteiger partial charge < -0.3 is 4.98 Å². The first-order valence-electron chi connectivity index (χ1n) is 9.18. The number of nitrogens with one attached hydrogen (secondary N) is 2. The van der Waals surface area contributed by atoms with Crippen LogP contribution in [0.25, 0.3) is 0 Å². The minimum Gasteiger partial charge on any atom is -0.354 e. The van der Waals surface area contributed by atoms with E-state index in [0.717, 1.165) is 45.1 Å². The van der Waals surface area contributed by atoms with Crippen LogP contribution in [0.4, 0.5) is 5.13 Å². The second kappa shape index (κ2) is 7.53. The number of aromatic nitrogens is 2. The lowest BCUT2D eigenvalue weighted by molar-refractivity contribution is 0.0971. The Hall–Kier alpha value is -2.44. The summed E-state index contributed by atoms with van der Waals surface area (Å²) in [7, 11) is 0. The molecule has 7 heteroatoms. The van der Waals surface area contributed by atoms with Crippen molar-refractivity contribution in [2.45, 2.75) is 39.5 Å². The van der Waals surface area contributed by atoms with Crippen molar-refractivity contribution in [2.24, 2.45) is 0 Å². The first-order valence-corrected chi connectivity index (χ1v) is 10.4. The topological polar surface area (TPSA) is 74.8 Å². The van der Waals surface area contributed by atoms with Crippen LogP contribution in [-0.4, -0.2) is 21.7 Å². The molecule has 2 N–H and O–H groups in total. The van der Waals surface area contributed by atoms with E-state index in [0.29, 0.717) is 29.2 Å². The second-order valence-electron chi connectivity index (χ2n) is 7.10. The van der Waals surface area contributed by atoms with Gasteiger partial charge in [0.05, 0.1) is 0 Å². The van der Waals surface area contributed by atoms with Gasteiger partial charge in [0.1, 0.15) is 5.69 Å². The Bertz CT molecular complexity index is 1080. The standard InChI is InChI=1S/C21H20ClN3O2S/c1-11-6-7-13(9-15(11)22)8-14-10-23-21(28-14)25-20(27)19-12(2)18-16(24-19)4-3-5-17(18)26/h6-7,9-10,24H,3-5,8H2,1-2H3,(H,23,25,27). The number of aromatic amines is 1. The molecule has 2 heterocycles. The average Bonchev–Trinajstić information content (AvgIpc) is 3.23. The van der Waals surface area contributed by atoms with E-state index >= 15 is 0 Å². The van der Waals surface area contributed by atoms with Gasteiger partial charge in [-0.1, -0.05) is 23.7 Å². The summed E-state index contributed by atoms with van der Waals surface area (Å²) in [5, 5.41) is 4.13. The third-order valence-electron chi connectivity index (χ3n) is 5.05. The van der Waals surface area contributed by atoms with E-state index in [1.165, 1.54) is 11.3 Å². The Labute approximate surface area is 172 Å². The molecule has 1 amide bonds. The normalized spacial score (nSPS) is 13.5. The first-order chi connectivity index (χ1) is 13.4. The molecular weight excluding hydrogens is 394 g/mol. The molecule has 144 valence electrons. The van der Waals surface area contributed by atoms with Crippen LogP contribution in [0.1, 0.15) is 60.9 Å². The van der Waals surface area contributed by atoms with Gasteiger partial charge >= 0.3 is 0 Å². The highest BCUT2D eigenvalue weighted by atomic mass is 35.5. The number of anilines is 1. The Morgan fingerprint density at radius 1 is 1.32 bits per heavy atom. The van der Waals surface area contributed by atoms with E-state index in [-0.39, 0.29) is 11.7 Å². The van der Waals surface area contributed by atoms with Crippen molar-refractivity contribution in [1.29, 1.82) is 0 Å². The third-order valence-corrected chi connectivity index (χ3v) is 6.37. The molecule has 2 aromatic heterocycles. The number of halogens is 1. The third kappa shape index (κ3) is 3.62. The zero-order valence-corrected chi connectivity index (χ0v) is 17.3. The summed E-state index contributed by atoms with van der Waals surface area (Å²) in [4.78, 5) is 33.3. The van der Waals surface area contributed by atoms with E-state index in [4.69, 9.17) is 11.6 Å². The molecule has 0 bridgehead atoms. The van der Waals surface area contributed by atoms with Crippen molar-refractivity contribution in [3.05, 3.63) is 67.9 Å². The molecule has 3 aromatic rings. The van der Waals surface area contributed by atoms with Gasteiger partial charge in [-0.05, 0) is 49.4 Å². The lowest BCUT2D eigenvalue weighted by atomic mass is 9.94. The van der Waals surface area contributed by atoms with E-state index in [2.05, 4.69) is 15.3 Å². The van der Waals surface area contributed by atoms with Gasteiger partial charge in [0, 0.05) is 40.2 Å². The summed E-state index contributed by atoms with van der Waals surface area (Å²) in [5.74, 6) is -0.152. The maximum absolute atomic E-state index is 12.7. The van der Waals surface area contributed by atoms with Crippen LogP contribution < -0.4 is 5.32 Å². The summed E-state index contributed by atoms with van der Waals surface area (Å²) < 4.78 is 0. The molecule has 5 nitrogen and oxygen atoms in total. The number of fused-ring (bicyclic) bond motifs is 1. The molecule has 0 fully saturated rings. The number of aryl methyl sites for hydroxylation is 2. The van der Waals surface area contributed by atoms with Gasteiger partial charge in [0.2, 0.25) is 0 Å². The number of amides is 1. The fourth-order valence-corrected chi connectivity index (χ4v) is 4.60. The monoisotopic (exact) mass is 413 g/mol. The molecule has 1 aliphatic rings. The number of Topliss-reactive ketones (excluding diaryl/α,β-unsaturated/α-hetero) is 1. The average molecular weight is 414 g/mol. The van der Waals surface area contributed by atoms with Crippen molar-refractivity contribution < 1.29 is 9.59 Å². The van der Waals surface area contributed by atoms with Crippen molar-refractivity contribution in [2.75, 3.05) is 5.32 Å². The molecule has 0 aliphatic heterocycles. The quantitative estimate of drug-likeness (QED) is 0.624. The molecule has 28 heavy (non-hydrogen) atoms. The molecule has 0 unspecified atom stereocenters. The van der Waals surface area contributed by atoms with Crippen LogP contribution in [0.5, 0.6) is 0 Å². The first kappa shape index (κ1) is 18.9. The Balaban J connectivity index is 1.49. The van der Waals surface area contributed by atoms with Crippen LogP contribution in [0, 0.1) is 13.8 Å². The van der Waals surface area contributed by atoms with Crippen LogP contribution in [0.2, 0.25) is 5.02 Å². The molecule has 0 saturated carbocycles. The molecule has 1 aliphatic carbocycles.